The quantitative estimate of drug-likeness (QED) is 0.218. The standard InChI is InChI=1S/C23H43NO10/c1-5-11-7-9(3)20(33-22-14(24)18(29)17(28)12(6-2)31-22)19(30)21(11)34-23-16(27)10(4)15(26)13(8-25)32-23/h9-23,25-30H,5-8,24H2,1-4H3. The molecule has 200 valence electrons. The van der Waals surface area contributed by atoms with Crippen molar-refractivity contribution in [3.8, 4) is 0 Å². The van der Waals surface area contributed by atoms with E-state index in [2.05, 4.69) is 0 Å². The van der Waals surface area contributed by atoms with Crippen LogP contribution in [0.15, 0.2) is 0 Å². The van der Waals surface area contributed by atoms with Crippen LogP contribution in [0.1, 0.15) is 47.0 Å². The largest absolute Gasteiger partial charge is 0.394 e. The number of aliphatic hydroxyl groups is 6. The number of hydrogen-bond acceptors (Lipinski definition) is 11. The molecule has 0 aromatic carbocycles. The molecule has 15 unspecified atom stereocenters. The van der Waals surface area contributed by atoms with Crippen LogP contribution in [0.2, 0.25) is 0 Å². The summed E-state index contributed by atoms with van der Waals surface area (Å²) in [5.74, 6) is -0.759. The molecule has 1 aliphatic carbocycles. The number of nitrogens with two attached hydrogens (primary N) is 1. The average Bonchev–Trinajstić information content (AvgIpc) is 2.82. The zero-order chi connectivity index (χ0) is 25.3. The molecule has 8 N–H and O–H groups in total. The maximum Gasteiger partial charge on any atom is 0.184 e. The van der Waals surface area contributed by atoms with Crippen molar-refractivity contribution in [2.24, 2.45) is 23.5 Å². The molecule has 2 heterocycles. The fraction of sp³-hybridized carbons (Fsp3) is 1.00. The van der Waals surface area contributed by atoms with Crippen LogP contribution in [0.3, 0.4) is 0 Å². The van der Waals surface area contributed by atoms with Gasteiger partial charge in [-0.3, -0.25) is 0 Å². The maximum atomic E-state index is 11.3. The predicted molar refractivity (Wildman–Crippen MR) is 119 cm³/mol. The minimum atomic E-state index is -1.23. The predicted octanol–water partition coefficient (Wildman–Crippen LogP) is -1.56. The number of rotatable bonds is 7. The van der Waals surface area contributed by atoms with E-state index in [0.717, 1.165) is 0 Å². The summed E-state index contributed by atoms with van der Waals surface area (Å²) >= 11 is 0. The van der Waals surface area contributed by atoms with Gasteiger partial charge in [-0.05, 0) is 24.7 Å². The lowest BCUT2D eigenvalue weighted by Crippen LogP contribution is -2.64. The fourth-order valence-electron chi connectivity index (χ4n) is 5.46. The van der Waals surface area contributed by atoms with Crippen molar-refractivity contribution in [3.05, 3.63) is 0 Å². The Morgan fingerprint density at radius 1 is 0.765 bits per heavy atom. The van der Waals surface area contributed by atoms with Gasteiger partial charge in [0.2, 0.25) is 0 Å². The molecule has 15 atom stereocenters. The van der Waals surface area contributed by atoms with Gasteiger partial charge < -0.3 is 55.3 Å². The fourth-order valence-corrected chi connectivity index (χ4v) is 5.46. The third-order valence-corrected chi connectivity index (χ3v) is 7.86. The van der Waals surface area contributed by atoms with E-state index < -0.39 is 86.1 Å². The Morgan fingerprint density at radius 2 is 1.38 bits per heavy atom. The van der Waals surface area contributed by atoms with Crippen molar-refractivity contribution in [1.29, 1.82) is 0 Å². The topological polar surface area (TPSA) is 184 Å². The molecule has 3 fully saturated rings. The van der Waals surface area contributed by atoms with Gasteiger partial charge in [0.1, 0.15) is 30.5 Å². The summed E-state index contributed by atoms with van der Waals surface area (Å²) in [6, 6.07) is -1.00. The second-order valence-electron chi connectivity index (χ2n) is 10.1. The summed E-state index contributed by atoms with van der Waals surface area (Å²) in [5.41, 5.74) is 6.08. The Morgan fingerprint density at radius 3 is 1.97 bits per heavy atom. The average molecular weight is 494 g/mol. The second-order valence-corrected chi connectivity index (χ2v) is 10.1. The van der Waals surface area contributed by atoms with E-state index >= 15 is 0 Å². The highest BCUT2D eigenvalue weighted by molar-refractivity contribution is 4.97. The molecule has 11 heteroatoms. The molecule has 0 aromatic heterocycles. The molecular formula is C23H43NO10. The summed E-state index contributed by atoms with van der Waals surface area (Å²) in [7, 11) is 0. The van der Waals surface area contributed by atoms with Gasteiger partial charge in [-0.15, -0.1) is 0 Å². The van der Waals surface area contributed by atoms with Gasteiger partial charge >= 0.3 is 0 Å². The van der Waals surface area contributed by atoms with Crippen LogP contribution in [-0.2, 0) is 18.9 Å². The van der Waals surface area contributed by atoms with Gasteiger partial charge in [-0.2, -0.15) is 0 Å². The van der Waals surface area contributed by atoms with Crippen LogP contribution < -0.4 is 5.73 Å². The number of ether oxygens (including phenoxy) is 4. The van der Waals surface area contributed by atoms with Crippen LogP contribution in [0.4, 0.5) is 0 Å². The molecule has 11 nitrogen and oxygen atoms in total. The SMILES string of the molecule is CCC1CC(C)C(OC2OC(CC)C(O)C(O)C2N)C(O)C1OC1OC(CO)C(O)C(C)C1O. The van der Waals surface area contributed by atoms with E-state index in [0.29, 0.717) is 19.3 Å². The van der Waals surface area contributed by atoms with E-state index in [4.69, 9.17) is 24.7 Å². The number of aliphatic hydroxyl groups excluding tert-OH is 6. The molecule has 0 aromatic rings. The molecule has 2 aliphatic heterocycles. The number of hydrogen-bond donors (Lipinski definition) is 7. The summed E-state index contributed by atoms with van der Waals surface area (Å²) in [5, 5.41) is 62.2. The lowest BCUT2D eigenvalue weighted by Gasteiger charge is -2.49. The molecule has 1 saturated carbocycles. The lowest BCUT2D eigenvalue weighted by atomic mass is 9.75. The molecule has 2 saturated heterocycles. The summed E-state index contributed by atoms with van der Waals surface area (Å²) in [6.45, 7) is 6.94. The van der Waals surface area contributed by atoms with Gasteiger partial charge in [0.05, 0.1) is 37.1 Å². The third kappa shape index (κ3) is 5.45. The van der Waals surface area contributed by atoms with Crippen LogP contribution in [0.25, 0.3) is 0 Å². The minimum Gasteiger partial charge on any atom is -0.394 e. The molecule has 3 aliphatic rings. The summed E-state index contributed by atoms with van der Waals surface area (Å²) in [6.07, 6.45) is -9.14. The molecule has 0 bridgehead atoms. The van der Waals surface area contributed by atoms with Crippen LogP contribution in [-0.4, -0.2) is 111 Å². The Balaban J connectivity index is 1.76. The minimum absolute atomic E-state index is 0.0628. The first-order valence-corrected chi connectivity index (χ1v) is 12.4. The molecule has 0 spiro atoms. The van der Waals surface area contributed by atoms with E-state index in [9.17, 15) is 30.6 Å². The smallest absolute Gasteiger partial charge is 0.184 e. The highest BCUT2D eigenvalue weighted by Gasteiger charge is 2.51. The van der Waals surface area contributed by atoms with Crippen molar-refractivity contribution < 1.29 is 49.6 Å². The third-order valence-electron chi connectivity index (χ3n) is 7.86. The molecular weight excluding hydrogens is 450 g/mol. The van der Waals surface area contributed by atoms with Crippen molar-refractivity contribution in [1.82, 2.24) is 0 Å². The molecule has 3 rings (SSSR count). The van der Waals surface area contributed by atoms with Crippen LogP contribution in [0, 0.1) is 17.8 Å². The Labute approximate surface area is 200 Å². The van der Waals surface area contributed by atoms with Gasteiger partial charge in [0, 0.05) is 5.92 Å². The Kier molecular flexibility index (Phi) is 9.71. The second kappa shape index (κ2) is 11.7. The van der Waals surface area contributed by atoms with Gasteiger partial charge in [0.25, 0.3) is 0 Å². The molecule has 34 heavy (non-hydrogen) atoms. The summed E-state index contributed by atoms with van der Waals surface area (Å²) in [4.78, 5) is 0. The van der Waals surface area contributed by atoms with Crippen LogP contribution >= 0.6 is 0 Å². The van der Waals surface area contributed by atoms with Crippen molar-refractivity contribution in [2.75, 3.05) is 6.61 Å². The van der Waals surface area contributed by atoms with Crippen molar-refractivity contribution in [2.45, 2.75) is 121 Å². The normalized spacial score (nSPS) is 52.5. The highest BCUT2D eigenvalue weighted by atomic mass is 16.7. The van der Waals surface area contributed by atoms with Gasteiger partial charge in [-0.25, -0.2) is 0 Å². The van der Waals surface area contributed by atoms with E-state index in [-0.39, 0.29) is 11.8 Å². The van der Waals surface area contributed by atoms with E-state index in [1.165, 1.54) is 0 Å². The zero-order valence-electron chi connectivity index (χ0n) is 20.4. The Hall–Kier alpha value is -0.440. The highest BCUT2D eigenvalue weighted by Crippen LogP contribution is 2.39. The van der Waals surface area contributed by atoms with Crippen molar-refractivity contribution in [3.63, 3.8) is 0 Å². The monoisotopic (exact) mass is 493 g/mol. The molecule has 0 amide bonds. The first-order valence-electron chi connectivity index (χ1n) is 12.4. The van der Waals surface area contributed by atoms with Gasteiger partial charge in [-0.1, -0.05) is 34.1 Å². The molecule has 0 radical (unpaired) electrons. The first kappa shape index (κ1) is 28.1. The Bertz CT molecular complexity index is 639. The lowest BCUT2D eigenvalue weighted by molar-refractivity contribution is -0.332. The maximum absolute atomic E-state index is 11.3. The van der Waals surface area contributed by atoms with E-state index in [1.54, 1.807) is 6.92 Å². The van der Waals surface area contributed by atoms with Crippen molar-refractivity contribution >= 4 is 0 Å². The first-order chi connectivity index (χ1) is 16.0. The summed E-state index contributed by atoms with van der Waals surface area (Å²) < 4.78 is 23.6. The van der Waals surface area contributed by atoms with Gasteiger partial charge in [0.15, 0.2) is 12.6 Å². The van der Waals surface area contributed by atoms with E-state index in [1.807, 2.05) is 20.8 Å². The zero-order valence-corrected chi connectivity index (χ0v) is 20.4. The van der Waals surface area contributed by atoms with Crippen LogP contribution in [0.5, 0.6) is 0 Å².